The summed E-state index contributed by atoms with van der Waals surface area (Å²) < 4.78 is 26.7. The van der Waals surface area contributed by atoms with Gasteiger partial charge in [0, 0.05) is 18.7 Å². The zero-order chi connectivity index (χ0) is 19.2. The molecule has 0 aromatic heterocycles. The van der Waals surface area contributed by atoms with Gasteiger partial charge in [0.05, 0.1) is 4.90 Å². The van der Waals surface area contributed by atoms with Crippen molar-refractivity contribution < 1.29 is 18.0 Å². The molecule has 1 aromatic rings. The van der Waals surface area contributed by atoms with Crippen molar-refractivity contribution in [3.8, 4) is 0 Å². The quantitative estimate of drug-likeness (QED) is 0.666. The monoisotopic (exact) mass is 381 g/mol. The first kappa shape index (κ1) is 20.4. The van der Waals surface area contributed by atoms with Crippen LogP contribution in [-0.4, -0.2) is 38.9 Å². The van der Waals surface area contributed by atoms with Gasteiger partial charge < -0.3 is 10.6 Å². The number of sulfonamides is 1. The molecule has 144 valence electrons. The molecule has 0 atom stereocenters. The fourth-order valence-corrected chi connectivity index (χ4v) is 4.35. The highest BCUT2D eigenvalue weighted by Gasteiger charge is 2.40. The van der Waals surface area contributed by atoms with Crippen LogP contribution < -0.4 is 15.4 Å². The molecule has 0 unspecified atom stereocenters. The SMILES string of the molecule is CCNC(=O)C1(NC(=O)c2cccc(S(=O)(=O)NCC)c2)CCCCC1. The Bertz CT molecular complexity index is 755. The summed E-state index contributed by atoms with van der Waals surface area (Å²) >= 11 is 0. The van der Waals surface area contributed by atoms with Crippen molar-refractivity contribution >= 4 is 21.8 Å². The second-order valence-electron chi connectivity index (χ2n) is 6.49. The third-order valence-corrected chi connectivity index (χ3v) is 6.12. The Morgan fingerprint density at radius 1 is 1.08 bits per heavy atom. The van der Waals surface area contributed by atoms with Crippen LogP contribution in [0.5, 0.6) is 0 Å². The number of rotatable bonds is 7. The molecular formula is C18H27N3O4S. The number of carbonyl (C=O) groups is 2. The van der Waals surface area contributed by atoms with E-state index in [1.54, 1.807) is 13.0 Å². The van der Waals surface area contributed by atoms with Gasteiger partial charge in [-0.15, -0.1) is 0 Å². The van der Waals surface area contributed by atoms with Crippen molar-refractivity contribution in [1.29, 1.82) is 0 Å². The lowest BCUT2D eigenvalue weighted by molar-refractivity contribution is -0.128. The van der Waals surface area contributed by atoms with E-state index >= 15 is 0 Å². The predicted octanol–water partition coefficient (Wildman–Crippen LogP) is 1.55. The van der Waals surface area contributed by atoms with Crippen LogP contribution in [-0.2, 0) is 14.8 Å². The van der Waals surface area contributed by atoms with Crippen LogP contribution in [0, 0.1) is 0 Å². The summed E-state index contributed by atoms with van der Waals surface area (Å²) in [6.45, 7) is 4.28. The Labute approximate surface area is 155 Å². The number of hydrogen-bond donors (Lipinski definition) is 3. The maximum Gasteiger partial charge on any atom is 0.252 e. The molecule has 0 radical (unpaired) electrons. The zero-order valence-corrected chi connectivity index (χ0v) is 16.1. The Balaban J connectivity index is 2.26. The summed E-state index contributed by atoms with van der Waals surface area (Å²) in [5.41, 5.74) is -0.708. The highest BCUT2D eigenvalue weighted by Crippen LogP contribution is 2.29. The lowest BCUT2D eigenvalue weighted by Gasteiger charge is -2.36. The van der Waals surface area contributed by atoms with Crippen molar-refractivity contribution in [3.63, 3.8) is 0 Å². The van der Waals surface area contributed by atoms with Crippen LogP contribution in [0.15, 0.2) is 29.2 Å². The molecule has 0 spiro atoms. The van der Waals surface area contributed by atoms with Crippen molar-refractivity contribution in [2.75, 3.05) is 13.1 Å². The van der Waals surface area contributed by atoms with Crippen LogP contribution in [0.4, 0.5) is 0 Å². The van der Waals surface area contributed by atoms with Crippen molar-refractivity contribution in [2.45, 2.75) is 56.4 Å². The van der Waals surface area contributed by atoms with Gasteiger partial charge in [-0.1, -0.05) is 32.3 Å². The molecule has 2 rings (SSSR count). The van der Waals surface area contributed by atoms with Crippen LogP contribution in [0.1, 0.15) is 56.3 Å². The summed E-state index contributed by atoms with van der Waals surface area (Å²) in [5, 5.41) is 5.68. The summed E-state index contributed by atoms with van der Waals surface area (Å²) in [5.74, 6) is -0.615. The number of carbonyl (C=O) groups excluding carboxylic acids is 2. The van der Waals surface area contributed by atoms with Gasteiger partial charge in [-0.2, -0.15) is 0 Å². The molecule has 2 amide bonds. The topological polar surface area (TPSA) is 104 Å². The number of amides is 2. The molecule has 1 fully saturated rings. The van der Waals surface area contributed by atoms with E-state index in [1.807, 2.05) is 6.92 Å². The zero-order valence-electron chi connectivity index (χ0n) is 15.3. The molecule has 3 N–H and O–H groups in total. The third-order valence-electron chi connectivity index (χ3n) is 4.57. The van der Waals surface area contributed by atoms with Crippen molar-refractivity contribution in [2.24, 2.45) is 0 Å². The highest BCUT2D eigenvalue weighted by molar-refractivity contribution is 7.89. The molecule has 0 heterocycles. The smallest absolute Gasteiger partial charge is 0.252 e. The number of nitrogens with one attached hydrogen (secondary N) is 3. The van der Waals surface area contributed by atoms with Gasteiger partial charge in [0.15, 0.2) is 0 Å². The lowest BCUT2D eigenvalue weighted by Crippen LogP contribution is -2.59. The average Bonchev–Trinajstić information content (AvgIpc) is 2.63. The molecule has 7 nitrogen and oxygen atoms in total. The predicted molar refractivity (Wildman–Crippen MR) is 99.3 cm³/mol. The van der Waals surface area contributed by atoms with E-state index in [2.05, 4.69) is 15.4 Å². The van der Waals surface area contributed by atoms with E-state index in [9.17, 15) is 18.0 Å². The summed E-state index contributed by atoms with van der Waals surface area (Å²) in [7, 11) is -3.65. The minimum Gasteiger partial charge on any atom is -0.354 e. The molecule has 0 bridgehead atoms. The molecule has 1 aliphatic rings. The molecule has 0 aliphatic heterocycles. The number of hydrogen-bond acceptors (Lipinski definition) is 4. The first-order valence-electron chi connectivity index (χ1n) is 9.05. The Hall–Kier alpha value is -1.93. The highest BCUT2D eigenvalue weighted by atomic mass is 32.2. The number of benzene rings is 1. The fraction of sp³-hybridized carbons (Fsp3) is 0.556. The maximum atomic E-state index is 12.8. The van der Waals surface area contributed by atoms with E-state index in [4.69, 9.17) is 0 Å². The van der Waals surface area contributed by atoms with E-state index < -0.39 is 21.5 Å². The minimum absolute atomic E-state index is 0.0303. The molecule has 0 saturated heterocycles. The van der Waals surface area contributed by atoms with Gasteiger partial charge in [-0.05, 0) is 38.0 Å². The normalized spacial score (nSPS) is 16.7. The van der Waals surface area contributed by atoms with Gasteiger partial charge in [0.25, 0.3) is 5.91 Å². The Morgan fingerprint density at radius 2 is 1.77 bits per heavy atom. The van der Waals surface area contributed by atoms with Gasteiger partial charge in [0.2, 0.25) is 15.9 Å². The molecule has 1 saturated carbocycles. The first-order valence-corrected chi connectivity index (χ1v) is 10.5. The summed E-state index contributed by atoms with van der Waals surface area (Å²) in [6, 6.07) is 5.85. The standard InChI is InChI=1S/C18H27N3O4S/c1-3-19-17(23)18(11-6-5-7-12-18)21-16(22)14-9-8-10-15(13-14)26(24,25)20-4-2/h8-10,13,20H,3-7,11-12H2,1-2H3,(H,19,23)(H,21,22). The van der Waals surface area contributed by atoms with Gasteiger partial charge >= 0.3 is 0 Å². The maximum absolute atomic E-state index is 12.8. The van der Waals surface area contributed by atoms with Crippen molar-refractivity contribution in [1.82, 2.24) is 15.4 Å². The fourth-order valence-electron chi connectivity index (χ4n) is 3.26. The second kappa shape index (κ2) is 8.64. The first-order chi connectivity index (χ1) is 12.3. The Kier molecular flexibility index (Phi) is 6.77. The van der Waals surface area contributed by atoms with Crippen LogP contribution >= 0.6 is 0 Å². The molecule has 1 aliphatic carbocycles. The summed E-state index contributed by atoms with van der Waals surface area (Å²) in [6.07, 6.45) is 3.94. The lowest BCUT2D eigenvalue weighted by atomic mass is 9.80. The van der Waals surface area contributed by atoms with Gasteiger partial charge in [0.1, 0.15) is 5.54 Å². The van der Waals surface area contributed by atoms with Crippen LogP contribution in [0.3, 0.4) is 0 Å². The average molecular weight is 381 g/mol. The van der Waals surface area contributed by atoms with E-state index in [-0.39, 0.29) is 22.9 Å². The summed E-state index contributed by atoms with van der Waals surface area (Å²) in [4.78, 5) is 25.4. The molecule has 1 aromatic carbocycles. The number of likely N-dealkylation sites (N-methyl/N-ethyl adjacent to an activating group) is 1. The largest absolute Gasteiger partial charge is 0.354 e. The van der Waals surface area contributed by atoms with E-state index in [1.165, 1.54) is 18.2 Å². The van der Waals surface area contributed by atoms with Crippen LogP contribution in [0.25, 0.3) is 0 Å². The second-order valence-corrected chi connectivity index (χ2v) is 8.25. The van der Waals surface area contributed by atoms with Crippen LogP contribution in [0.2, 0.25) is 0 Å². The van der Waals surface area contributed by atoms with E-state index in [0.717, 1.165) is 19.3 Å². The molecule has 26 heavy (non-hydrogen) atoms. The Morgan fingerprint density at radius 3 is 2.38 bits per heavy atom. The third kappa shape index (κ3) is 4.62. The van der Waals surface area contributed by atoms with Crippen molar-refractivity contribution in [3.05, 3.63) is 29.8 Å². The molecular weight excluding hydrogens is 354 g/mol. The molecule has 8 heteroatoms. The van der Waals surface area contributed by atoms with Gasteiger partial charge in [-0.3, -0.25) is 9.59 Å². The van der Waals surface area contributed by atoms with E-state index in [0.29, 0.717) is 19.4 Å². The van der Waals surface area contributed by atoms with Gasteiger partial charge in [-0.25, -0.2) is 13.1 Å². The minimum atomic E-state index is -3.65.